The van der Waals surface area contributed by atoms with Crippen LogP contribution in [0.4, 0.5) is 18.9 Å². The molecular formula is C16H19F3N2O5. The van der Waals surface area contributed by atoms with Crippen molar-refractivity contribution in [2.45, 2.75) is 18.6 Å². The Bertz CT molecular complexity index is 673. The van der Waals surface area contributed by atoms with Gasteiger partial charge in [0.05, 0.1) is 13.7 Å². The highest BCUT2D eigenvalue weighted by molar-refractivity contribution is 6.33. The first-order valence-electron chi connectivity index (χ1n) is 7.43. The van der Waals surface area contributed by atoms with Crippen molar-refractivity contribution in [3.8, 4) is 0 Å². The van der Waals surface area contributed by atoms with Crippen molar-refractivity contribution in [3.05, 3.63) is 29.8 Å². The monoisotopic (exact) mass is 376 g/mol. The van der Waals surface area contributed by atoms with Gasteiger partial charge in [-0.2, -0.15) is 13.2 Å². The topological polar surface area (TPSA) is 84.9 Å². The van der Waals surface area contributed by atoms with Crippen LogP contribution >= 0.6 is 0 Å². The highest BCUT2D eigenvalue weighted by Crippen LogP contribution is 2.40. The number of hydrogen-bond donors (Lipinski definition) is 1. The maximum absolute atomic E-state index is 13.9. The molecule has 10 heteroatoms. The van der Waals surface area contributed by atoms with E-state index >= 15 is 0 Å². The van der Waals surface area contributed by atoms with Crippen molar-refractivity contribution in [1.82, 2.24) is 5.32 Å². The van der Waals surface area contributed by atoms with Gasteiger partial charge in [0.15, 0.2) is 0 Å². The van der Waals surface area contributed by atoms with Crippen LogP contribution in [0, 0.1) is 0 Å². The van der Waals surface area contributed by atoms with E-state index in [1.165, 1.54) is 24.4 Å². The molecule has 0 fully saturated rings. The molecule has 1 aromatic rings. The summed E-state index contributed by atoms with van der Waals surface area (Å²) in [4.78, 5) is 37.1. The van der Waals surface area contributed by atoms with Crippen molar-refractivity contribution in [1.29, 1.82) is 0 Å². The second-order valence-electron chi connectivity index (χ2n) is 5.36. The zero-order chi connectivity index (χ0) is 20.1. The minimum atomic E-state index is -5.29. The van der Waals surface area contributed by atoms with Crippen LogP contribution < -0.4 is 10.2 Å². The van der Waals surface area contributed by atoms with Gasteiger partial charge in [-0.15, -0.1) is 0 Å². The lowest BCUT2D eigenvalue weighted by molar-refractivity contribution is -0.216. The molecule has 0 saturated carbocycles. The van der Waals surface area contributed by atoms with Crippen LogP contribution in [0.3, 0.4) is 0 Å². The van der Waals surface area contributed by atoms with Gasteiger partial charge in [0, 0.05) is 19.8 Å². The largest absolute Gasteiger partial charge is 0.467 e. The summed E-state index contributed by atoms with van der Waals surface area (Å²) in [5.74, 6) is -5.05. The lowest BCUT2D eigenvalue weighted by atomic mass is 9.88. The first kappa shape index (κ1) is 21.3. The maximum atomic E-state index is 13.9. The predicted octanol–water partition coefficient (Wildman–Crippen LogP) is 1.36. The molecule has 1 unspecified atom stereocenters. The Hall–Kier alpha value is -2.78. The lowest BCUT2D eigenvalue weighted by Gasteiger charge is -2.34. The van der Waals surface area contributed by atoms with Crippen molar-refractivity contribution in [2.24, 2.45) is 0 Å². The number of amides is 1. The number of halogens is 3. The number of nitrogens with one attached hydrogen (secondary N) is 1. The molecule has 0 aliphatic rings. The predicted molar refractivity (Wildman–Crippen MR) is 85.3 cm³/mol. The number of methoxy groups -OCH3 is 1. The van der Waals surface area contributed by atoms with E-state index in [-0.39, 0.29) is 6.61 Å². The first-order chi connectivity index (χ1) is 12.0. The number of carbonyl (C=O) groups excluding carboxylic acids is 3. The molecule has 7 nitrogen and oxygen atoms in total. The Morgan fingerprint density at radius 1 is 1.12 bits per heavy atom. The first-order valence-corrected chi connectivity index (χ1v) is 7.43. The maximum Gasteiger partial charge on any atom is 0.426 e. The Labute approximate surface area is 148 Å². The molecule has 0 radical (unpaired) electrons. The van der Waals surface area contributed by atoms with Gasteiger partial charge in [-0.25, -0.2) is 9.59 Å². The summed E-state index contributed by atoms with van der Waals surface area (Å²) < 4.78 is 50.3. The van der Waals surface area contributed by atoms with Gasteiger partial charge < -0.3 is 19.7 Å². The van der Waals surface area contributed by atoms with E-state index in [0.717, 1.165) is 19.2 Å². The number of hydrogen-bond acceptors (Lipinski definition) is 6. The van der Waals surface area contributed by atoms with Gasteiger partial charge in [0.1, 0.15) is 0 Å². The molecule has 0 aliphatic heterocycles. The molecule has 0 saturated heterocycles. The second-order valence-corrected chi connectivity index (χ2v) is 5.36. The summed E-state index contributed by atoms with van der Waals surface area (Å²) in [5.41, 5.74) is -3.61. The van der Waals surface area contributed by atoms with Gasteiger partial charge in [-0.1, -0.05) is 12.1 Å². The van der Waals surface area contributed by atoms with Gasteiger partial charge in [0.25, 0.3) is 5.54 Å². The van der Waals surface area contributed by atoms with Crippen molar-refractivity contribution >= 4 is 23.5 Å². The highest BCUT2D eigenvalue weighted by atomic mass is 19.4. The number of nitrogens with zero attached hydrogens (tertiary/aromatic N) is 1. The molecular weight excluding hydrogens is 357 g/mol. The molecule has 1 atom stereocenters. The quantitative estimate of drug-likeness (QED) is 0.617. The molecule has 0 heterocycles. The minimum absolute atomic E-state index is 0.221. The number of carbonyl (C=O) groups is 3. The summed E-state index contributed by atoms with van der Waals surface area (Å²) in [6.45, 7) is 1.16. The molecule has 0 bridgehead atoms. The summed E-state index contributed by atoms with van der Waals surface area (Å²) in [6, 6.07) is 4.70. The molecule has 1 N–H and O–H groups in total. The lowest BCUT2D eigenvalue weighted by Crippen LogP contribution is -2.62. The van der Waals surface area contributed by atoms with E-state index in [2.05, 4.69) is 9.47 Å². The number of alkyl halides is 3. The third-order valence-corrected chi connectivity index (χ3v) is 3.50. The molecule has 1 amide bonds. The fourth-order valence-electron chi connectivity index (χ4n) is 2.17. The van der Waals surface area contributed by atoms with Crippen LogP contribution in [0.25, 0.3) is 0 Å². The average Bonchev–Trinajstić information content (AvgIpc) is 2.57. The number of rotatable bonds is 5. The average molecular weight is 376 g/mol. The summed E-state index contributed by atoms with van der Waals surface area (Å²) in [7, 11) is 4.09. The second kappa shape index (κ2) is 8.07. The number of anilines is 1. The molecule has 0 aliphatic carbocycles. The van der Waals surface area contributed by atoms with Crippen LogP contribution in [0.15, 0.2) is 24.3 Å². The van der Waals surface area contributed by atoms with Crippen LogP contribution in [0.1, 0.15) is 12.5 Å². The normalized spacial score (nSPS) is 13.3. The Morgan fingerprint density at radius 3 is 2.04 bits per heavy atom. The van der Waals surface area contributed by atoms with E-state index in [9.17, 15) is 27.6 Å². The van der Waals surface area contributed by atoms with Crippen LogP contribution in [0.5, 0.6) is 0 Å². The van der Waals surface area contributed by atoms with Gasteiger partial charge >= 0.3 is 24.0 Å². The fourth-order valence-corrected chi connectivity index (χ4v) is 2.17. The van der Waals surface area contributed by atoms with Crippen molar-refractivity contribution in [2.75, 3.05) is 32.7 Å². The molecule has 0 aromatic heterocycles. The van der Waals surface area contributed by atoms with E-state index < -0.39 is 35.1 Å². The summed E-state index contributed by atoms with van der Waals surface area (Å²) in [6.07, 6.45) is -5.29. The minimum Gasteiger partial charge on any atom is -0.467 e. The smallest absolute Gasteiger partial charge is 0.426 e. The molecule has 0 spiro atoms. The van der Waals surface area contributed by atoms with E-state index in [0.29, 0.717) is 5.69 Å². The van der Waals surface area contributed by atoms with Gasteiger partial charge in [-0.05, 0) is 24.6 Å². The number of benzene rings is 1. The molecule has 1 aromatic carbocycles. The van der Waals surface area contributed by atoms with Crippen LogP contribution in [0.2, 0.25) is 0 Å². The van der Waals surface area contributed by atoms with E-state index in [4.69, 9.17) is 0 Å². The molecule has 144 valence electrons. The SMILES string of the molecule is CCOC(=O)C(=O)NC(C(=O)OC)(c1ccc(N(C)C)cc1)C(F)(F)F. The number of esters is 2. The van der Waals surface area contributed by atoms with Crippen molar-refractivity contribution < 1.29 is 37.0 Å². The molecule has 26 heavy (non-hydrogen) atoms. The van der Waals surface area contributed by atoms with Crippen LogP contribution in [-0.2, 0) is 29.4 Å². The highest BCUT2D eigenvalue weighted by Gasteiger charge is 2.64. The summed E-state index contributed by atoms with van der Waals surface area (Å²) >= 11 is 0. The number of ether oxygens (including phenoxy) is 2. The van der Waals surface area contributed by atoms with E-state index in [1.54, 1.807) is 19.0 Å². The van der Waals surface area contributed by atoms with Gasteiger partial charge in [-0.3, -0.25) is 4.79 Å². The molecule has 1 rings (SSSR count). The van der Waals surface area contributed by atoms with Gasteiger partial charge in [0.2, 0.25) is 0 Å². The Morgan fingerprint density at radius 2 is 1.65 bits per heavy atom. The Kier molecular flexibility index (Phi) is 6.60. The third kappa shape index (κ3) is 4.06. The zero-order valence-corrected chi connectivity index (χ0v) is 14.6. The standard InChI is InChI=1S/C16H19F3N2O5/c1-5-26-13(23)12(22)20-15(14(24)25-4,16(17,18)19)10-6-8-11(9-7-10)21(2)3/h6-9H,5H2,1-4H3,(H,20,22). The summed E-state index contributed by atoms with van der Waals surface area (Å²) in [5, 5.41) is 1.44. The third-order valence-electron chi connectivity index (χ3n) is 3.50. The van der Waals surface area contributed by atoms with E-state index in [1.807, 2.05) is 0 Å². The zero-order valence-electron chi connectivity index (χ0n) is 14.6. The van der Waals surface area contributed by atoms with Crippen LogP contribution in [-0.4, -0.2) is 51.8 Å². The fraction of sp³-hybridized carbons (Fsp3) is 0.438. The van der Waals surface area contributed by atoms with Crippen molar-refractivity contribution in [3.63, 3.8) is 0 Å². The Balaban J connectivity index is 3.51.